The van der Waals surface area contributed by atoms with Gasteiger partial charge in [-0.25, -0.2) is 4.98 Å². The first-order valence-corrected chi connectivity index (χ1v) is 10.2. The van der Waals surface area contributed by atoms with E-state index in [2.05, 4.69) is 11.1 Å². The summed E-state index contributed by atoms with van der Waals surface area (Å²) in [7, 11) is 1.91. The largest absolute Gasteiger partial charge is 0.368 e. The first-order valence-electron chi connectivity index (χ1n) is 10.2. The van der Waals surface area contributed by atoms with Crippen LogP contribution in [0.2, 0.25) is 0 Å². The van der Waals surface area contributed by atoms with Gasteiger partial charge >= 0.3 is 0 Å². The molecule has 1 aliphatic heterocycles. The molecule has 0 aliphatic carbocycles. The van der Waals surface area contributed by atoms with Crippen LogP contribution in [0.15, 0.2) is 36.8 Å². The van der Waals surface area contributed by atoms with Gasteiger partial charge in [0, 0.05) is 38.9 Å². The zero-order valence-corrected chi connectivity index (χ0v) is 17.5. The van der Waals surface area contributed by atoms with Gasteiger partial charge in [-0.15, -0.1) is 0 Å². The Morgan fingerprint density at radius 1 is 1.30 bits per heavy atom. The highest BCUT2D eigenvalue weighted by molar-refractivity contribution is 5.83. The number of hydrogen-bond acceptors (Lipinski definition) is 5. The van der Waals surface area contributed by atoms with Crippen LogP contribution in [0.3, 0.4) is 0 Å². The summed E-state index contributed by atoms with van der Waals surface area (Å²) >= 11 is 0. The molecule has 1 atom stereocenters. The summed E-state index contributed by atoms with van der Waals surface area (Å²) in [6.07, 6.45) is 5.84. The van der Waals surface area contributed by atoms with Gasteiger partial charge in [0.05, 0.1) is 30.2 Å². The Bertz CT molecular complexity index is 922. The zero-order chi connectivity index (χ0) is 21.7. The van der Waals surface area contributed by atoms with Crippen molar-refractivity contribution in [3.8, 4) is 6.07 Å². The summed E-state index contributed by atoms with van der Waals surface area (Å²) in [6.45, 7) is 3.49. The minimum atomic E-state index is -0.498. The number of aryl methyl sites for hydroxylation is 1. The number of benzene rings is 1. The van der Waals surface area contributed by atoms with Crippen LogP contribution in [0.1, 0.15) is 37.4 Å². The number of nitrogens with two attached hydrogens (primary N) is 1. The van der Waals surface area contributed by atoms with Crippen molar-refractivity contribution in [2.45, 2.75) is 38.8 Å². The van der Waals surface area contributed by atoms with Crippen LogP contribution in [-0.2, 0) is 23.2 Å². The second-order valence-electron chi connectivity index (χ2n) is 7.89. The monoisotopic (exact) mass is 408 g/mol. The average molecular weight is 409 g/mol. The number of rotatable bonds is 7. The molecular formula is C22H28N6O2. The molecule has 1 saturated heterocycles. The lowest BCUT2D eigenvalue weighted by atomic mass is 9.89. The van der Waals surface area contributed by atoms with Gasteiger partial charge in [0.15, 0.2) is 0 Å². The molecule has 2 heterocycles. The maximum absolute atomic E-state index is 12.5. The van der Waals surface area contributed by atoms with Gasteiger partial charge in [-0.3, -0.25) is 9.59 Å². The van der Waals surface area contributed by atoms with Crippen molar-refractivity contribution < 1.29 is 9.59 Å². The molecule has 0 bridgehead atoms. The predicted octanol–water partition coefficient (Wildman–Crippen LogP) is 1.80. The minimum absolute atomic E-state index is 0.0929. The Hall–Kier alpha value is -3.34. The van der Waals surface area contributed by atoms with Gasteiger partial charge in [0.2, 0.25) is 11.8 Å². The van der Waals surface area contributed by atoms with Gasteiger partial charge in [-0.2, -0.15) is 5.26 Å². The van der Waals surface area contributed by atoms with E-state index in [9.17, 15) is 9.59 Å². The summed E-state index contributed by atoms with van der Waals surface area (Å²) in [4.78, 5) is 32.2. The molecule has 0 spiro atoms. The third kappa shape index (κ3) is 4.98. The number of nitrogens with zero attached hydrogens (tertiary/aromatic N) is 5. The molecule has 1 unspecified atom stereocenters. The van der Waals surface area contributed by atoms with Crippen LogP contribution in [0, 0.1) is 17.2 Å². The predicted molar refractivity (Wildman–Crippen MR) is 113 cm³/mol. The van der Waals surface area contributed by atoms with Crippen molar-refractivity contribution in [1.29, 1.82) is 5.26 Å². The normalized spacial score (nSPS) is 15.4. The lowest BCUT2D eigenvalue weighted by Gasteiger charge is -2.37. The quantitative estimate of drug-likeness (QED) is 0.751. The van der Waals surface area contributed by atoms with Crippen LogP contribution >= 0.6 is 0 Å². The van der Waals surface area contributed by atoms with Gasteiger partial charge in [-0.05, 0) is 49.4 Å². The Labute approximate surface area is 176 Å². The molecule has 0 radical (unpaired) electrons. The molecule has 1 aromatic heterocycles. The maximum Gasteiger partial charge on any atom is 0.240 e. The number of primary amides is 1. The summed E-state index contributed by atoms with van der Waals surface area (Å²) in [5.41, 5.74) is 8.22. The third-order valence-corrected chi connectivity index (χ3v) is 5.90. The van der Waals surface area contributed by atoms with E-state index in [1.54, 1.807) is 31.6 Å². The highest BCUT2D eigenvalue weighted by atomic mass is 16.2. The Kier molecular flexibility index (Phi) is 6.72. The Morgan fingerprint density at radius 3 is 2.47 bits per heavy atom. The molecule has 2 amide bonds. The number of hydrogen-bond donors (Lipinski definition) is 1. The SMILES string of the molecule is CC(=O)N1CCC(CC(C(N)=O)N(Cc2cncn2C)c2ccc(C#N)cc2)CC1. The zero-order valence-electron chi connectivity index (χ0n) is 17.5. The summed E-state index contributed by atoms with van der Waals surface area (Å²) < 4.78 is 1.92. The van der Waals surface area contributed by atoms with Crippen molar-refractivity contribution >= 4 is 17.5 Å². The highest BCUT2D eigenvalue weighted by Gasteiger charge is 2.30. The molecule has 3 rings (SSSR count). The molecule has 30 heavy (non-hydrogen) atoms. The number of likely N-dealkylation sites (tertiary alicyclic amines) is 1. The number of amides is 2. The lowest BCUT2D eigenvalue weighted by Crippen LogP contribution is -2.47. The summed E-state index contributed by atoms with van der Waals surface area (Å²) in [5.74, 6) is 0.0244. The minimum Gasteiger partial charge on any atom is -0.368 e. The second-order valence-corrected chi connectivity index (χ2v) is 7.89. The molecule has 1 aromatic carbocycles. The number of carbonyl (C=O) groups is 2. The van der Waals surface area contributed by atoms with E-state index in [1.807, 2.05) is 33.5 Å². The van der Waals surface area contributed by atoms with Crippen LogP contribution in [0.25, 0.3) is 0 Å². The Morgan fingerprint density at radius 2 is 1.97 bits per heavy atom. The van der Waals surface area contributed by atoms with E-state index in [-0.39, 0.29) is 11.8 Å². The molecule has 8 nitrogen and oxygen atoms in total. The van der Waals surface area contributed by atoms with E-state index in [4.69, 9.17) is 11.0 Å². The van der Waals surface area contributed by atoms with E-state index in [0.717, 1.165) is 24.2 Å². The van der Waals surface area contributed by atoms with Gasteiger partial charge in [0.25, 0.3) is 0 Å². The lowest BCUT2D eigenvalue weighted by molar-refractivity contribution is -0.130. The number of aromatic nitrogens is 2. The smallest absolute Gasteiger partial charge is 0.240 e. The van der Waals surface area contributed by atoms with Gasteiger partial charge in [-0.1, -0.05) is 0 Å². The van der Waals surface area contributed by atoms with Gasteiger partial charge < -0.3 is 20.1 Å². The summed E-state index contributed by atoms with van der Waals surface area (Å²) in [5, 5.41) is 9.11. The number of anilines is 1. The van der Waals surface area contributed by atoms with Crippen molar-refractivity contribution in [3.05, 3.63) is 48.0 Å². The standard InChI is InChI=1S/C22H28N6O2/c1-16(29)27-9-7-17(8-10-27)11-21(22(24)30)28(14-20-13-25-15-26(20)2)19-5-3-18(12-23)4-6-19/h3-6,13,15,17,21H,7-11,14H2,1-2H3,(H2,24,30). The molecule has 0 saturated carbocycles. The number of imidazole rings is 1. The highest BCUT2D eigenvalue weighted by Crippen LogP contribution is 2.28. The van der Waals surface area contributed by atoms with Crippen molar-refractivity contribution in [1.82, 2.24) is 14.5 Å². The molecule has 1 fully saturated rings. The van der Waals surface area contributed by atoms with Crippen LogP contribution in [0.4, 0.5) is 5.69 Å². The van der Waals surface area contributed by atoms with Crippen molar-refractivity contribution in [2.75, 3.05) is 18.0 Å². The maximum atomic E-state index is 12.5. The average Bonchev–Trinajstić information content (AvgIpc) is 3.15. The number of nitriles is 1. The molecule has 1 aliphatic rings. The molecule has 2 aromatic rings. The van der Waals surface area contributed by atoms with E-state index in [0.29, 0.717) is 37.5 Å². The second kappa shape index (κ2) is 9.44. The van der Waals surface area contributed by atoms with E-state index >= 15 is 0 Å². The van der Waals surface area contributed by atoms with E-state index in [1.165, 1.54) is 0 Å². The first kappa shape index (κ1) is 21.4. The van der Waals surface area contributed by atoms with Crippen LogP contribution < -0.4 is 10.6 Å². The molecule has 2 N–H and O–H groups in total. The summed E-state index contributed by atoms with van der Waals surface area (Å²) in [6, 6.07) is 8.81. The van der Waals surface area contributed by atoms with Crippen molar-refractivity contribution in [2.24, 2.45) is 18.7 Å². The molecular weight excluding hydrogens is 380 g/mol. The van der Waals surface area contributed by atoms with Gasteiger partial charge in [0.1, 0.15) is 6.04 Å². The number of piperidine rings is 1. The van der Waals surface area contributed by atoms with E-state index < -0.39 is 6.04 Å². The number of carbonyl (C=O) groups excluding carboxylic acids is 2. The Balaban J connectivity index is 1.84. The molecule has 158 valence electrons. The fourth-order valence-corrected chi connectivity index (χ4v) is 4.02. The fourth-order valence-electron chi connectivity index (χ4n) is 4.02. The van der Waals surface area contributed by atoms with Crippen LogP contribution in [-0.4, -0.2) is 45.4 Å². The van der Waals surface area contributed by atoms with Crippen molar-refractivity contribution in [3.63, 3.8) is 0 Å². The molecule has 8 heteroatoms. The topological polar surface area (TPSA) is 108 Å². The third-order valence-electron chi connectivity index (χ3n) is 5.90. The van der Waals surface area contributed by atoms with Crippen LogP contribution in [0.5, 0.6) is 0 Å². The fraction of sp³-hybridized carbons (Fsp3) is 0.455. The first-order chi connectivity index (χ1) is 14.4.